The summed E-state index contributed by atoms with van der Waals surface area (Å²) in [7, 11) is 5.92. The lowest BCUT2D eigenvalue weighted by molar-refractivity contribution is -0.873. The van der Waals surface area contributed by atoms with Crippen molar-refractivity contribution in [3.63, 3.8) is 0 Å². The van der Waals surface area contributed by atoms with Gasteiger partial charge >= 0.3 is 11.9 Å². The Hall–Kier alpha value is -1.36. The number of carbonyl (C=O) groups is 2. The number of esters is 1. The van der Waals surface area contributed by atoms with Crippen molar-refractivity contribution < 1.29 is 23.9 Å². The Balaban J connectivity index is 3.46. The van der Waals surface area contributed by atoms with Gasteiger partial charge in [-0.3, -0.25) is 9.59 Å². The van der Waals surface area contributed by atoms with E-state index in [0.717, 1.165) is 12.8 Å². The zero-order chi connectivity index (χ0) is 26.2. The summed E-state index contributed by atoms with van der Waals surface area (Å²) in [5, 5.41) is 9.04. The number of hydrogen-bond donors (Lipinski definition) is 1. The van der Waals surface area contributed by atoms with Gasteiger partial charge in [-0.1, -0.05) is 109 Å². The average molecular weight is 497 g/mol. The van der Waals surface area contributed by atoms with E-state index in [4.69, 9.17) is 9.84 Å². The Morgan fingerprint density at radius 3 is 1.57 bits per heavy atom. The van der Waals surface area contributed by atoms with Gasteiger partial charge in [0.1, 0.15) is 6.54 Å². The number of unbranched alkanes of at least 4 members (excludes halogenated alkanes) is 16. The highest BCUT2D eigenvalue weighted by molar-refractivity contribution is 5.71. The van der Waals surface area contributed by atoms with Gasteiger partial charge in [-0.15, -0.1) is 0 Å². The van der Waals surface area contributed by atoms with Crippen LogP contribution in [0.2, 0.25) is 0 Å². The van der Waals surface area contributed by atoms with Crippen molar-refractivity contribution in [1.82, 2.24) is 0 Å². The second-order valence-corrected chi connectivity index (χ2v) is 11.3. The van der Waals surface area contributed by atoms with Gasteiger partial charge < -0.3 is 14.3 Å². The largest absolute Gasteiger partial charge is 0.481 e. The van der Waals surface area contributed by atoms with E-state index in [1.165, 1.54) is 103 Å². The first-order valence-corrected chi connectivity index (χ1v) is 14.6. The molecule has 206 valence electrons. The molecule has 0 radical (unpaired) electrons. The Morgan fingerprint density at radius 1 is 0.714 bits per heavy atom. The van der Waals surface area contributed by atoms with Gasteiger partial charge in [0, 0.05) is 6.42 Å². The van der Waals surface area contributed by atoms with E-state index in [1.807, 2.05) is 21.1 Å². The number of rotatable bonds is 25. The van der Waals surface area contributed by atoms with E-state index in [1.54, 1.807) is 0 Å². The standard InChI is InChI=1S/C30H57NO4/c1-5-6-7-8-9-10-11-12-13-14-15-16-17-18-19-20-21-22-23-24-25-30(34)35-28(26-29(32)33)27-31(2,3)4/h8-9,28H,5-7,10-27H2,1-4H3/p+1/b9-8+. The average Bonchev–Trinajstić information content (AvgIpc) is 2.76. The van der Waals surface area contributed by atoms with Crippen molar-refractivity contribution in [3.05, 3.63) is 12.2 Å². The van der Waals surface area contributed by atoms with Crippen LogP contribution in [0.25, 0.3) is 0 Å². The molecule has 1 unspecified atom stereocenters. The molecule has 0 amide bonds. The van der Waals surface area contributed by atoms with E-state index in [9.17, 15) is 9.59 Å². The van der Waals surface area contributed by atoms with Gasteiger partial charge in [0.25, 0.3) is 0 Å². The van der Waals surface area contributed by atoms with Gasteiger partial charge in [-0.2, -0.15) is 0 Å². The van der Waals surface area contributed by atoms with Crippen LogP contribution in [0.1, 0.15) is 135 Å². The highest BCUT2D eigenvalue weighted by Gasteiger charge is 2.24. The molecule has 5 nitrogen and oxygen atoms in total. The van der Waals surface area contributed by atoms with Crippen LogP contribution in [0.4, 0.5) is 0 Å². The molecule has 0 aliphatic heterocycles. The third-order valence-corrected chi connectivity index (χ3v) is 6.34. The lowest BCUT2D eigenvalue weighted by atomic mass is 10.0. The summed E-state index contributed by atoms with van der Waals surface area (Å²) in [5.74, 6) is -1.18. The fourth-order valence-corrected chi connectivity index (χ4v) is 4.40. The molecule has 0 fully saturated rings. The molecule has 35 heavy (non-hydrogen) atoms. The fraction of sp³-hybridized carbons (Fsp3) is 0.867. The third kappa shape index (κ3) is 27.1. The van der Waals surface area contributed by atoms with Crippen molar-refractivity contribution in [2.24, 2.45) is 0 Å². The summed E-state index contributed by atoms with van der Waals surface area (Å²) in [6.45, 7) is 2.76. The second-order valence-electron chi connectivity index (χ2n) is 11.3. The van der Waals surface area contributed by atoms with E-state index in [-0.39, 0.29) is 12.4 Å². The molecule has 0 spiro atoms. The number of hydrogen-bond acceptors (Lipinski definition) is 3. The number of ether oxygens (including phenoxy) is 1. The first-order chi connectivity index (χ1) is 16.7. The molecule has 0 heterocycles. The van der Waals surface area contributed by atoms with Crippen LogP contribution >= 0.6 is 0 Å². The SMILES string of the molecule is CCCC/C=C/CCCCCCCCCCCCCCCCC(=O)OC(CC(=O)O)C[N+](C)(C)C. The van der Waals surface area contributed by atoms with Crippen molar-refractivity contribution in [3.8, 4) is 0 Å². The molecule has 0 rings (SSSR count). The molecule has 5 heteroatoms. The molecule has 0 aliphatic rings. The van der Waals surface area contributed by atoms with Crippen LogP contribution in [0, 0.1) is 0 Å². The quantitative estimate of drug-likeness (QED) is 0.0600. The highest BCUT2D eigenvalue weighted by Crippen LogP contribution is 2.14. The van der Waals surface area contributed by atoms with Crippen molar-refractivity contribution >= 4 is 11.9 Å². The van der Waals surface area contributed by atoms with Crippen LogP contribution in [0.3, 0.4) is 0 Å². The van der Waals surface area contributed by atoms with Gasteiger partial charge in [0.2, 0.25) is 0 Å². The minimum absolute atomic E-state index is 0.127. The molecule has 0 saturated carbocycles. The van der Waals surface area contributed by atoms with E-state index in [0.29, 0.717) is 17.4 Å². The zero-order valence-electron chi connectivity index (χ0n) is 23.7. The van der Waals surface area contributed by atoms with Gasteiger partial charge in [-0.05, 0) is 25.7 Å². The summed E-state index contributed by atoms with van der Waals surface area (Å²) in [6.07, 6.45) is 27.5. The summed E-state index contributed by atoms with van der Waals surface area (Å²) in [4.78, 5) is 23.1. The van der Waals surface area contributed by atoms with E-state index in [2.05, 4.69) is 19.1 Å². The van der Waals surface area contributed by atoms with Crippen LogP contribution in [-0.4, -0.2) is 55.3 Å². The predicted molar refractivity (Wildman–Crippen MR) is 148 cm³/mol. The molecule has 0 aliphatic carbocycles. The number of carbonyl (C=O) groups excluding carboxylic acids is 1. The minimum atomic E-state index is -0.923. The molecule has 0 saturated heterocycles. The number of quaternary nitrogens is 1. The molecule has 1 N–H and O–H groups in total. The van der Waals surface area contributed by atoms with Crippen LogP contribution < -0.4 is 0 Å². The monoisotopic (exact) mass is 496 g/mol. The number of likely N-dealkylation sites (N-methyl/N-ethyl adjacent to an activating group) is 1. The van der Waals surface area contributed by atoms with Gasteiger partial charge in [0.05, 0.1) is 27.6 Å². The molecular weight excluding hydrogens is 438 g/mol. The number of carboxylic acid groups (broad SMARTS) is 1. The Kier molecular flexibility index (Phi) is 22.2. The molecule has 0 aromatic heterocycles. The molecule has 0 bridgehead atoms. The molecule has 0 aromatic carbocycles. The van der Waals surface area contributed by atoms with Crippen LogP contribution in [0.15, 0.2) is 12.2 Å². The molecular formula is C30H58NO4+. The predicted octanol–water partition coefficient (Wildman–Crippen LogP) is 8.07. The highest BCUT2D eigenvalue weighted by atomic mass is 16.5. The summed E-state index contributed by atoms with van der Waals surface area (Å²) in [5.41, 5.74) is 0. The summed E-state index contributed by atoms with van der Waals surface area (Å²) >= 11 is 0. The first-order valence-electron chi connectivity index (χ1n) is 14.6. The summed E-state index contributed by atoms with van der Waals surface area (Å²) in [6, 6.07) is 0. The topological polar surface area (TPSA) is 63.6 Å². The van der Waals surface area contributed by atoms with E-state index < -0.39 is 12.1 Å². The van der Waals surface area contributed by atoms with Crippen LogP contribution in [0.5, 0.6) is 0 Å². The van der Waals surface area contributed by atoms with E-state index >= 15 is 0 Å². The number of aliphatic carboxylic acids is 1. The zero-order valence-corrected chi connectivity index (χ0v) is 23.7. The lowest BCUT2D eigenvalue weighted by Gasteiger charge is -2.28. The third-order valence-electron chi connectivity index (χ3n) is 6.34. The minimum Gasteiger partial charge on any atom is -0.481 e. The van der Waals surface area contributed by atoms with Crippen molar-refractivity contribution in [1.29, 1.82) is 0 Å². The van der Waals surface area contributed by atoms with Gasteiger partial charge in [-0.25, -0.2) is 0 Å². The maximum absolute atomic E-state index is 12.1. The second kappa shape index (κ2) is 23.1. The molecule has 0 aromatic rings. The number of carboxylic acids is 1. The van der Waals surface area contributed by atoms with Gasteiger partial charge in [0.15, 0.2) is 6.10 Å². The van der Waals surface area contributed by atoms with Crippen molar-refractivity contribution in [2.45, 2.75) is 141 Å². The Bertz CT molecular complexity index is 539. The first kappa shape index (κ1) is 33.6. The maximum atomic E-state index is 12.1. The van der Waals surface area contributed by atoms with Crippen LogP contribution in [-0.2, 0) is 14.3 Å². The van der Waals surface area contributed by atoms with Crippen molar-refractivity contribution in [2.75, 3.05) is 27.7 Å². The lowest BCUT2D eigenvalue weighted by Crippen LogP contribution is -2.43. The maximum Gasteiger partial charge on any atom is 0.307 e. The number of nitrogens with zero attached hydrogens (tertiary/aromatic N) is 1. The number of allylic oxidation sites excluding steroid dienone is 2. The Labute approximate surface area is 217 Å². The smallest absolute Gasteiger partial charge is 0.307 e. The molecule has 1 atom stereocenters. The normalized spacial score (nSPS) is 12.8. The summed E-state index contributed by atoms with van der Waals surface area (Å²) < 4.78 is 6.01. The fourth-order valence-electron chi connectivity index (χ4n) is 4.40. The Morgan fingerprint density at radius 2 is 1.14 bits per heavy atom.